The molecule has 0 radical (unpaired) electrons. The van der Waals surface area contributed by atoms with Gasteiger partial charge in [-0.3, -0.25) is 4.79 Å². The number of anilines is 1. The van der Waals surface area contributed by atoms with Crippen LogP contribution in [-0.2, 0) is 17.5 Å². The minimum Gasteiger partial charge on any atom is -0.376 e. The van der Waals surface area contributed by atoms with Crippen LogP contribution in [0.5, 0.6) is 0 Å². The second kappa shape index (κ2) is 8.90. The van der Waals surface area contributed by atoms with Crippen LogP contribution in [-0.4, -0.2) is 23.9 Å². The van der Waals surface area contributed by atoms with Crippen LogP contribution in [0.1, 0.15) is 16.7 Å². The Labute approximate surface area is 155 Å². The lowest BCUT2D eigenvalue weighted by Crippen LogP contribution is -2.35. The number of benzene rings is 2. The highest BCUT2D eigenvalue weighted by molar-refractivity contribution is 5.81. The maximum absolute atomic E-state index is 12.8. The molecule has 1 amide bonds. The van der Waals surface area contributed by atoms with Crippen molar-refractivity contribution in [3.05, 3.63) is 77.9 Å². The summed E-state index contributed by atoms with van der Waals surface area (Å²) in [6.45, 7) is 4.01. The van der Waals surface area contributed by atoms with E-state index in [-0.39, 0.29) is 31.2 Å². The summed E-state index contributed by atoms with van der Waals surface area (Å²) in [4.78, 5) is 14.0. The van der Waals surface area contributed by atoms with Gasteiger partial charge in [-0.05, 0) is 35.9 Å². The smallest absolute Gasteiger partial charge is 0.376 e. The summed E-state index contributed by atoms with van der Waals surface area (Å²) in [6.07, 6.45) is -2.88. The van der Waals surface area contributed by atoms with E-state index in [2.05, 4.69) is 11.9 Å². The third-order valence-corrected chi connectivity index (χ3v) is 3.77. The van der Waals surface area contributed by atoms with Crippen LogP contribution < -0.4 is 5.32 Å². The van der Waals surface area contributed by atoms with Crippen molar-refractivity contribution in [2.24, 2.45) is 0 Å². The van der Waals surface area contributed by atoms with Crippen molar-refractivity contribution >= 4 is 11.6 Å². The Kier molecular flexibility index (Phi) is 6.61. The quantitative estimate of drug-likeness (QED) is 0.740. The molecule has 0 unspecified atom stereocenters. The second-order valence-electron chi connectivity index (χ2n) is 5.81. The molecule has 0 fully saturated rings. The summed E-state index contributed by atoms with van der Waals surface area (Å²) < 4.78 is 38.3. The first-order valence-electron chi connectivity index (χ1n) is 8.12. The molecular formula is C20H18F3N3O. The maximum Gasteiger partial charge on any atom is 0.416 e. The molecule has 1 N–H and O–H groups in total. The molecule has 0 atom stereocenters. The molecule has 0 aliphatic heterocycles. The number of alkyl halides is 3. The number of amides is 1. The fourth-order valence-electron chi connectivity index (χ4n) is 2.46. The zero-order chi connectivity index (χ0) is 19.9. The Morgan fingerprint density at radius 3 is 2.63 bits per heavy atom. The number of nitrogens with one attached hydrogen (secondary N) is 1. The van der Waals surface area contributed by atoms with Crippen molar-refractivity contribution < 1.29 is 18.0 Å². The van der Waals surface area contributed by atoms with Crippen LogP contribution in [0.2, 0.25) is 0 Å². The van der Waals surface area contributed by atoms with Gasteiger partial charge in [0.25, 0.3) is 0 Å². The van der Waals surface area contributed by atoms with Gasteiger partial charge in [-0.15, -0.1) is 6.58 Å². The second-order valence-corrected chi connectivity index (χ2v) is 5.81. The molecule has 0 spiro atoms. The number of nitrogens with zero attached hydrogens (tertiary/aromatic N) is 2. The Balaban J connectivity index is 2.04. The lowest BCUT2D eigenvalue weighted by Gasteiger charge is -2.22. The molecule has 140 valence electrons. The number of rotatable bonds is 7. The lowest BCUT2D eigenvalue weighted by molar-refractivity contribution is -0.137. The van der Waals surface area contributed by atoms with E-state index in [1.165, 1.54) is 17.0 Å². The third-order valence-electron chi connectivity index (χ3n) is 3.77. The zero-order valence-electron chi connectivity index (χ0n) is 14.5. The molecule has 27 heavy (non-hydrogen) atoms. The topological polar surface area (TPSA) is 56.1 Å². The largest absolute Gasteiger partial charge is 0.416 e. The van der Waals surface area contributed by atoms with Gasteiger partial charge in [-0.1, -0.05) is 24.3 Å². The van der Waals surface area contributed by atoms with Crippen LogP contribution in [0.25, 0.3) is 0 Å². The zero-order valence-corrected chi connectivity index (χ0v) is 14.5. The van der Waals surface area contributed by atoms with Crippen molar-refractivity contribution in [3.8, 4) is 6.07 Å². The van der Waals surface area contributed by atoms with Crippen LogP contribution >= 0.6 is 0 Å². The summed E-state index contributed by atoms with van der Waals surface area (Å²) >= 11 is 0. The molecule has 2 aromatic rings. The van der Waals surface area contributed by atoms with Gasteiger partial charge in [0.2, 0.25) is 5.91 Å². The molecule has 2 rings (SSSR count). The van der Waals surface area contributed by atoms with Gasteiger partial charge in [0.15, 0.2) is 0 Å². The van der Waals surface area contributed by atoms with Crippen molar-refractivity contribution in [2.75, 3.05) is 18.4 Å². The Morgan fingerprint density at radius 1 is 1.22 bits per heavy atom. The SMILES string of the molecule is C=CCN(Cc1cccc(C#N)c1)C(=O)CNc1cccc(C(F)(F)F)c1. The average molecular weight is 373 g/mol. The molecular weight excluding hydrogens is 355 g/mol. The summed E-state index contributed by atoms with van der Waals surface area (Å²) in [7, 11) is 0. The molecule has 0 saturated heterocycles. The number of carbonyl (C=O) groups excluding carboxylic acids is 1. The number of hydrogen-bond donors (Lipinski definition) is 1. The Hall–Kier alpha value is -3.27. The van der Waals surface area contributed by atoms with E-state index < -0.39 is 11.7 Å². The highest BCUT2D eigenvalue weighted by Crippen LogP contribution is 2.30. The van der Waals surface area contributed by atoms with E-state index in [0.29, 0.717) is 5.56 Å². The predicted molar refractivity (Wildman–Crippen MR) is 96.7 cm³/mol. The summed E-state index contributed by atoms with van der Waals surface area (Å²) in [5, 5.41) is 11.7. The molecule has 0 bridgehead atoms. The Morgan fingerprint density at radius 2 is 1.96 bits per heavy atom. The fourth-order valence-corrected chi connectivity index (χ4v) is 2.46. The third kappa shape index (κ3) is 5.89. The number of halogens is 3. The van der Waals surface area contributed by atoms with Crippen molar-refractivity contribution in [1.82, 2.24) is 4.90 Å². The van der Waals surface area contributed by atoms with Crippen molar-refractivity contribution in [1.29, 1.82) is 5.26 Å². The minimum atomic E-state index is -4.44. The van der Waals surface area contributed by atoms with E-state index >= 15 is 0 Å². The standard InChI is InChI=1S/C20H18F3N3O/c1-2-9-26(14-16-6-3-5-15(10-16)12-24)19(27)13-25-18-8-4-7-17(11-18)20(21,22)23/h2-8,10-11,25H,1,9,13-14H2. The summed E-state index contributed by atoms with van der Waals surface area (Å²) in [5.41, 5.74) is 0.698. The number of hydrogen-bond acceptors (Lipinski definition) is 3. The predicted octanol–water partition coefficient (Wildman–Crippen LogP) is 4.20. The molecule has 0 saturated carbocycles. The van der Waals surface area contributed by atoms with Gasteiger partial charge in [0, 0.05) is 18.8 Å². The van der Waals surface area contributed by atoms with Gasteiger partial charge in [-0.2, -0.15) is 18.4 Å². The van der Waals surface area contributed by atoms with E-state index in [0.717, 1.165) is 17.7 Å². The molecule has 0 aromatic heterocycles. The lowest BCUT2D eigenvalue weighted by atomic mass is 10.1. The fraction of sp³-hybridized carbons (Fsp3) is 0.200. The number of nitriles is 1. The van der Waals surface area contributed by atoms with E-state index in [1.807, 2.05) is 6.07 Å². The van der Waals surface area contributed by atoms with Crippen LogP contribution in [0.15, 0.2) is 61.2 Å². The van der Waals surface area contributed by atoms with Gasteiger partial charge < -0.3 is 10.2 Å². The number of carbonyl (C=O) groups is 1. The molecule has 0 heterocycles. The monoisotopic (exact) mass is 373 g/mol. The van der Waals surface area contributed by atoms with E-state index in [1.54, 1.807) is 30.3 Å². The normalized spacial score (nSPS) is 10.7. The van der Waals surface area contributed by atoms with E-state index in [4.69, 9.17) is 5.26 Å². The van der Waals surface area contributed by atoms with Crippen molar-refractivity contribution in [3.63, 3.8) is 0 Å². The molecule has 0 aliphatic rings. The highest BCUT2D eigenvalue weighted by atomic mass is 19.4. The van der Waals surface area contributed by atoms with Crippen LogP contribution in [0, 0.1) is 11.3 Å². The minimum absolute atomic E-state index is 0.160. The van der Waals surface area contributed by atoms with Crippen LogP contribution in [0.4, 0.5) is 18.9 Å². The molecule has 2 aromatic carbocycles. The van der Waals surface area contributed by atoms with Crippen LogP contribution in [0.3, 0.4) is 0 Å². The van der Waals surface area contributed by atoms with Gasteiger partial charge in [-0.25, -0.2) is 0 Å². The first-order chi connectivity index (χ1) is 12.8. The molecule has 7 heteroatoms. The average Bonchev–Trinajstić information content (AvgIpc) is 2.65. The highest BCUT2D eigenvalue weighted by Gasteiger charge is 2.30. The van der Waals surface area contributed by atoms with E-state index in [9.17, 15) is 18.0 Å². The van der Waals surface area contributed by atoms with Gasteiger partial charge in [0.1, 0.15) is 0 Å². The summed E-state index contributed by atoms with van der Waals surface area (Å²) in [5.74, 6) is -0.297. The molecule has 0 aliphatic carbocycles. The van der Waals surface area contributed by atoms with Gasteiger partial charge in [0.05, 0.1) is 23.7 Å². The maximum atomic E-state index is 12.8. The molecule has 4 nitrogen and oxygen atoms in total. The Bertz CT molecular complexity index is 856. The first-order valence-corrected chi connectivity index (χ1v) is 8.12. The first kappa shape index (κ1) is 20.0. The van der Waals surface area contributed by atoms with Gasteiger partial charge >= 0.3 is 6.18 Å². The van der Waals surface area contributed by atoms with Crippen molar-refractivity contribution in [2.45, 2.75) is 12.7 Å². The summed E-state index contributed by atoms with van der Waals surface area (Å²) in [6, 6.07) is 13.6.